The summed E-state index contributed by atoms with van der Waals surface area (Å²) in [5.74, 6) is 1.72. The Hall–Kier alpha value is -1.69. The number of amides is 1. The molecule has 11 nitrogen and oxygen atoms in total. The Balaban J connectivity index is 2.40. The van der Waals surface area contributed by atoms with Gasteiger partial charge in [0.25, 0.3) is 5.85 Å². The van der Waals surface area contributed by atoms with Gasteiger partial charge in [0.05, 0.1) is 5.69 Å². The zero-order valence-corrected chi connectivity index (χ0v) is 12.9. The first-order valence-electron chi connectivity index (χ1n) is 6.55. The highest BCUT2D eigenvalue weighted by molar-refractivity contribution is 7.59. The summed E-state index contributed by atoms with van der Waals surface area (Å²) in [6.07, 6.45) is -6.70. The fourth-order valence-electron chi connectivity index (χ4n) is 2.26. The van der Waals surface area contributed by atoms with Gasteiger partial charge in [0, 0.05) is 5.56 Å². The van der Waals surface area contributed by atoms with Crippen molar-refractivity contribution < 1.29 is 44.1 Å². The van der Waals surface area contributed by atoms with Crippen molar-refractivity contribution in [2.24, 2.45) is 5.90 Å². The molecule has 1 unspecified atom stereocenters. The van der Waals surface area contributed by atoms with Gasteiger partial charge in [-0.05, 0) is 6.07 Å². The lowest BCUT2D eigenvalue weighted by atomic mass is 9.95. The molecule has 0 spiro atoms. The quantitative estimate of drug-likeness (QED) is 0.246. The molecule has 132 valence electrons. The Morgan fingerprint density at radius 3 is 2.46 bits per heavy atom. The minimum atomic E-state index is -4.73. The summed E-state index contributed by atoms with van der Waals surface area (Å²) in [5.41, 5.74) is 0.0590. The Labute approximate surface area is 135 Å². The molecule has 24 heavy (non-hydrogen) atoms. The summed E-state index contributed by atoms with van der Waals surface area (Å²) >= 11 is 0. The van der Waals surface area contributed by atoms with Crippen LogP contribution in [-0.4, -0.2) is 54.8 Å². The first kappa shape index (κ1) is 18.6. The van der Waals surface area contributed by atoms with Crippen molar-refractivity contribution in [3.8, 4) is 0 Å². The van der Waals surface area contributed by atoms with E-state index in [1.165, 1.54) is 24.3 Å². The number of carbonyl (C=O) groups is 2. The van der Waals surface area contributed by atoms with Crippen LogP contribution in [-0.2, 0) is 14.4 Å². The van der Waals surface area contributed by atoms with Crippen LogP contribution in [0.3, 0.4) is 0 Å². The minimum absolute atomic E-state index is 0.0253. The summed E-state index contributed by atoms with van der Waals surface area (Å²) in [4.78, 5) is 55.4. The second kappa shape index (κ2) is 7.05. The van der Waals surface area contributed by atoms with Gasteiger partial charge in [0.15, 0.2) is 18.0 Å². The lowest BCUT2D eigenvalue weighted by Gasteiger charge is -2.35. The molecule has 0 aromatic heterocycles. The average Bonchev–Trinajstić information content (AvgIpc) is 2.52. The van der Waals surface area contributed by atoms with E-state index in [4.69, 9.17) is 10.6 Å². The lowest BCUT2D eigenvalue weighted by Crippen LogP contribution is -2.52. The number of nitrogens with one attached hydrogen (secondary N) is 1. The van der Waals surface area contributed by atoms with E-state index in [0.29, 0.717) is 0 Å². The fourth-order valence-corrected chi connectivity index (χ4v) is 3.12. The van der Waals surface area contributed by atoms with Crippen LogP contribution < -0.4 is 11.2 Å². The van der Waals surface area contributed by atoms with Gasteiger partial charge in [0.2, 0.25) is 0 Å². The highest BCUT2D eigenvalue weighted by Crippen LogP contribution is 2.55. The normalized spacial score (nSPS) is 27.7. The molecule has 0 radical (unpaired) electrons. The molecule has 1 aromatic rings. The Morgan fingerprint density at radius 2 is 1.88 bits per heavy atom. The molecule has 1 aliphatic heterocycles. The lowest BCUT2D eigenvalue weighted by molar-refractivity contribution is -0.173. The van der Waals surface area contributed by atoms with Gasteiger partial charge in [-0.3, -0.25) is 10.1 Å². The number of para-hydroxylation sites is 1. The second-order valence-electron chi connectivity index (χ2n) is 4.98. The Kier molecular flexibility index (Phi) is 5.48. The predicted molar refractivity (Wildman–Crippen MR) is 78.9 cm³/mol. The van der Waals surface area contributed by atoms with E-state index in [0.717, 1.165) is 0 Å². The predicted octanol–water partition coefficient (Wildman–Crippen LogP) is -1.46. The summed E-state index contributed by atoms with van der Waals surface area (Å²) in [6.45, 7) is 0. The first-order valence-corrected chi connectivity index (χ1v) is 8.27. The van der Waals surface area contributed by atoms with Gasteiger partial charge >= 0.3 is 14.0 Å². The van der Waals surface area contributed by atoms with E-state index in [9.17, 15) is 34.5 Å². The van der Waals surface area contributed by atoms with E-state index >= 15 is 0 Å². The van der Waals surface area contributed by atoms with Crippen LogP contribution in [0.5, 0.6) is 0 Å². The van der Waals surface area contributed by atoms with Gasteiger partial charge in [-0.1, -0.05) is 18.2 Å². The summed E-state index contributed by atoms with van der Waals surface area (Å²) in [6, 6.07) is 5.71. The number of anilines is 1. The second-order valence-corrected chi connectivity index (χ2v) is 6.72. The number of hydrogen-bond donors (Lipinski definition) is 7. The number of rotatable bonds is 3. The van der Waals surface area contributed by atoms with E-state index in [1.807, 2.05) is 0 Å². The number of hydrogen-bond acceptors (Lipinski definition) is 10. The number of ketones is 1. The number of Topliss-reactive ketones (excluding diaryl/α,β-unsaturated/α-hetero) is 1. The van der Waals surface area contributed by atoms with Crippen molar-refractivity contribution in [1.82, 2.24) is 0 Å². The number of aliphatic hydroxyl groups is 2. The third-order valence-corrected chi connectivity index (χ3v) is 4.48. The minimum Gasteiger partial charge on any atom is -0.383 e. The molecule has 1 amide bonds. The highest BCUT2D eigenvalue weighted by atomic mass is 31.2. The molecular weight excluding hydrogens is 347 g/mol. The summed E-state index contributed by atoms with van der Waals surface area (Å²) < 4.78 is 5.10. The molecule has 0 saturated carbocycles. The van der Waals surface area contributed by atoms with Gasteiger partial charge < -0.3 is 19.8 Å². The molecule has 1 fully saturated rings. The zero-order valence-electron chi connectivity index (χ0n) is 12.0. The van der Waals surface area contributed by atoms with Crippen molar-refractivity contribution in [1.29, 1.82) is 0 Å². The SMILES string of the molecule is NOC(=O)Nc1ccccc1C1O[C@H]([P+](O)(O)O)[C@@H](O)[C@H](O)C1=O. The smallest absolute Gasteiger partial charge is 0.383 e. The van der Waals surface area contributed by atoms with E-state index < -0.39 is 44.0 Å². The molecule has 1 heterocycles. The largest absolute Gasteiger partial charge is 0.437 e. The molecule has 1 saturated heterocycles. The Morgan fingerprint density at radius 1 is 1.25 bits per heavy atom. The molecule has 1 aliphatic rings. The third-order valence-electron chi connectivity index (χ3n) is 3.37. The summed E-state index contributed by atoms with van der Waals surface area (Å²) in [7, 11) is -4.73. The molecule has 12 heteroatoms. The number of benzene rings is 1. The monoisotopic (exact) mass is 363 g/mol. The topological polar surface area (TPSA) is 192 Å². The highest BCUT2D eigenvalue weighted by Gasteiger charge is 2.58. The van der Waals surface area contributed by atoms with Crippen LogP contribution in [0.25, 0.3) is 0 Å². The van der Waals surface area contributed by atoms with Crippen molar-refractivity contribution in [3.63, 3.8) is 0 Å². The molecule has 0 bridgehead atoms. The van der Waals surface area contributed by atoms with E-state index in [1.54, 1.807) is 0 Å². The van der Waals surface area contributed by atoms with Crippen LogP contribution in [0.2, 0.25) is 0 Å². The summed E-state index contributed by atoms with van der Waals surface area (Å²) in [5, 5.41) is 21.7. The molecule has 2 rings (SSSR count). The van der Waals surface area contributed by atoms with Crippen LogP contribution in [0.4, 0.5) is 10.5 Å². The van der Waals surface area contributed by atoms with Crippen molar-refractivity contribution in [2.75, 3.05) is 5.32 Å². The zero-order chi connectivity index (χ0) is 18.1. The van der Waals surface area contributed by atoms with Gasteiger partial charge in [-0.15, -0.1) is 0 Å². The van der Waals surface area contributed by atoms with Gasteiger partial charge in [0.1, 0.15) is 6.10 Å². The van der Waals surface area contributed by atoms with Gasteiger partial charge in [-0.2, -0.15) is 20.6 Å². The number of ether oxygens (including phenoxy) is 1. The molecule has 1 aromatic carbocycles. The van der Waals surface area contributed by atoms with Crippen LogP contribution in [0.1, 0.15) is 11.7 Å². The van der Waals surface area contributed by atoms with E-state index in [-0.39, 0.29) is 11.3 Å². The average molecular weight is 363 g/mol. The fraction of sp³-hybridized carbons (Fsp3) is 0.333. The molecule has 4 atom stereocenters. The van der Waals surface area contributed by atoms with Crippen molar-refractivity contribution in [2.45, 2.75) is 24.2 Å². The number of carbonyl (C=O) groups excluding carboxylic acids is 2. The molecule has 8 N–H and O–H groups in total. The van der Waals surface area contributed by atoms with Gasteiger partial charge in [-0.25, -0.2) is 4.79 Å². The maximum absolute atomic E-state index is 12.2. The number of aliphatic hydroxyl groups excluding tert-OH is 2. The van der Waals surface area contributed by atoms with Crippen molar-refractivity contribution in [3.05, 3.63) is 29.8 Å². The van der Waals surface area contributed by atoms with Crippen molar-refractivity contribution >= 4 is 25.5 Å². The maximum Gasteiger partial charge on any atom is 0.437 e. The van der Waals surface area contributed by atoms with E-state index in [2.05, 4.69) is 10.2 Å². The molecular formula is C12H16N2O9P+. The third kappa shape index (κ3) is 3.69. The molecule has 0 aliphatic carbocycles. The standard InChI is InChI=1S/C12H15N2O9P/c13-23-12(18)14-6-4-2-1-3-5(6)10-8(16)7(15)9(17)11(22-10)24(19,20)21/h1-4,7,9-11,15,17,19-21H,13H2/p+1/t7-,9+,10?,11-/m1/s1. The maximum atomic E-state index is 12.2. The van der Waals surface area contributed by atoms with Crippen LogP contribution in [0, 0.1) is 0 Å². The van der Waals surface area contributed by atoms with Crippen LogP contribution in [0.15, 0.2) is 24.3 Å². The van der Waals surface area contributed by atoms with Crippen LogP contribution >= 0.6 is 7.94 Å². The Bertz CT molecular complexity index is 635. The number of nitrogens with two attached hydrogens (primary N) is 1. The first-order chi connectivity index (χ1) is 11.2.